The normalized spacial score (nSPS) is 25.0. The molecule has 24 heavy (non-hydrogen) atoms. The minimum absolute atomic E-state index is 0.0174. The molecular weight excluding hydrogens is 304 g/mol. The number of likely N-dealkylation sites (tertiary alicyclic amines) is 2. The van der Waals surface area contributed by atoms with Crippen molar-refractivity contribution in [3.8, 4) is 0 Å². The molecule has 0 radical (unpaired) electrons. The fourth-order valence-electron chi connectivity index (χ4n) is 3.92. The maximum atomic E-state index is 12.6. The molecule has 2 heterocycles. The van der Waals surface area contributed by atoms with Crippen LogP contribution in [0.5, 0.6) is 0 Å². The fraction of sp³-hybridized carbons (Fsp3) is 0.579. The number of hydrogen-bond acceptors (Lipinski definition) is 2. The van der Waals surface area contributed by atoms with E-state index in [9.17, 15) is 14.7 Å². The molecule has 5 heteroatoms. The summed E-state index contributed by atoms with van der Waals surface area (Å²) in [5, 5.41) is 9.22. The number of urea groups is 1. The molecule has 0 bridgehead atoms. The molecule has 2 aliphatic rings. The smallest absolute Gasteiger partial charge is 0.320 e. The molecule has 1 N–H and O–H groups in total. The molecule has 0 unspecified atom stereocenters. The molecular formula is C19H26N2O3. The Morgan fingerprint density at radius 1 is 1.08 bits per heavy atom. The van der Waals surface area contributed by atoms with Gasteiger partial charge in [-0.2, -0.15) is 0 Å². The van der Waals surface area contributed by atoms with Gasteiger partial charge in [-0.05, 0) is 36.7 Å². The summed E-state index contributed by atoms with van der Waals surface area (Å²) in [7, 11) is 0. The summed E-state index contributed by atoms with van der Waals surface area (Å²) in [4.78, 5) is 27.5. The van der Waals surface area contributed by atoms with E-state index < -0.39 is 11.9 Å². The number of aliphatic carboxylic acids is 1. The zero-order valence-corrected chi connectivity index (χ0v) is 14.2. The lowest BCUT2D eigenvalue weighted by atomic mass is 9.90. The average molecular weight is 330 g/mol. The van der Waals surface area contributed by atoms with Crippen LogP contribution in [-0.2, 0) is 11.2 Å². The van der Waals surface area contributed by atoms with Crippen molar-refractivity contribution in [1.29, 1.82) is 0 Å². The lowest BCUT2D eigenvalue weighted by molar-refractivity contribution is -0.142. The number of rotatable bonds is 3. The molecule has 5 nitrogen and oxygen atoms in total. The summed E-state index contributed by atoms with van der Waals surface area (Å²) in [5.74, 6) is -0.563. The van der Waals surface area contributed by atoms with Gasteiger partial charge < -0.3 is 14.9 Å². The minimum atomic E-state index is -0.792. The van der Waals surface area contributed by atoms with Gasteiger partial charge in [0, 0.05) is 26.2 Å². The topological polar surface area (TPSA) is 60.9 Å². The highest BCUT2D eigenvalue weighted by molar-refractivity contribution is 5.77. The number of carbonyl (C=O) groups is 2. The largest absolute Gasteiger partial charge is 0.481 e. The Morgan fingerprint density at radius 2 is 1.75 bits per heavy atom. The maximum absolute atomic E-state index is 12.6. The van der Waals surface area contributed by atoms with E-state index in [0.717, 1.165) is 32.4 Å². The number of nitrogens with zero attached hydrogens (tertiary/aromatic N) is 2. The van der Waals surface area contributed by atoms with E-state index in [-0.39, 0.29) is 11.9 Å². The standard InChI is InChI=1S/C19H26N2O3/c1-14-12-21(13-17(14)18(22)23)19(24)20-9-7-16(8-10-20)11-15-5-3-2-4-6-15/h2-6,14,16-17H,7-13H2,1H3,(H,22,23)/t14-,17-/m1/s1. The molecule has 2 atom stereocenters. The monoisotopic (exact) mass is 330 g/mol. The van der Waals surface area contributed by atoms with E-state index in [4.69, 9.17) is 0 Å². The number of carboxylic acids is 1. The quantitative estimate of drug-likeness (QED) is 0.927. The predicted molar refractivity (Wildman–Crippen MR) is 91.7 cm³/mol. The molecule has 2 saturated heterocycles. The van der Waals surface area contributed by atoms with Crippen LogP contribution in [0.1, 0.15) is 25.3 Å². The first kappa shape index (κ1) is 16.8. The van der Waals surface area contributed by atoms with Crippen LogP contribution in [0.25, 0.3) is 0 Å². The van der Waals surface area contributed by atoms with Crippen LogP contribution in [0.4, 0.5) is 4.79 Å². The van der Waals surface area contributed by atoms with E-state index in [0.29, 0.717) is 19.0 Å². The summed E-state index contributed by atoms with van der Waals surface area (Å²) < 4.78 is 0. The lowest BCUT2D eigenvalue weighted by Gasteiger charge is -2.34. The molecule has 0 spiro atoms. The molecule has 1 aromatic rings. The summed E-state index contributed by atoms with van der Waals surface area (Å²) in [5.41, 5.74) is 1.36. The van der Waals surface area contributed by atoms with E-state index in [1.54, 1.807) is 4.90 Å². The van der Waals surface area contributed by atoms with Crippen molar-refractivity contribution in [1.82, 2.24) is 9.80 Å². The van der Waals surface area contributed by atoms with Gasteiger partial charge in [0.05, 0.1) is 5.92 Å². The fourth-order valence-corrected chi connectivity index (χ4v) is 3.92. The van der Waals surface area contributed by atoms with Crippen LogP contribution < -0.4 is 0 Å². The Kier molecular flexibility index (Phi) is 5.07. The van der Waals surface area contributed by atoms with Gasteiger partial charge in [-0.3, -0.25) is 4.79 Å². The van der Waals surface area contributed by atoms with Crippen molar-refractivity contribution in [2.24, 2.45) is 17.8 Å². The van der Waals surface area contributed by atoms with Gasteiger partial charge in [-0.1, -0.05) is 37.3 Å². The molecule has 2 amide bonds. The molecule has 1 aromatic carbocycles. The van der Waals surface area contributed by atoms with Gasteiger partial charge in [0.1, 0.15) is 0 Å². The Morgan fingerprint density at radius 3 is 2.33 bits per heavy atom. The lowest BCUT2D eigenvalue weighted by Crippen LogP contribution is -2.46. The first-order chi connectivity index (χ1) is 11.5. The van der Waals surface area contributed by atoms with Gasteiger partial charge >= 0.3 is 12.0 Å². The molecule has 0 saturated carbocycles. The van der Waals surface area contributed by atoms with Gasteiger partial charge in [-0.15, -0.1) is 0 Å². The third-order valence-corrected chi connectivity index (χ3v) is 5.45. The zero-order chi connectivity index (χ0) is 17.1. The summed E-state index contributed by atoms with van der Waals surface area (Å²) in [6.45, 7) is 4.37. The van der Waals surface area contributed by atoms with Crippen molar-refractivity contribution in [2.45, 2.75) is 26.2 Å². The highest BCUT2D eigenvalue weighted by Gasteiger charge is 2.38. The molecule has 2 fully saturated rings. The second-order valence-corrected chi connectivity index (χ2v) is 7.23. The van der Waals surface area contributed by atoms with Crippen LogP contribution in [-0.4, -0.2) is 53.1 Å². The third kappa shape index (κ3) is 3.71. The second-order valence-electron chi connectivity index (χ2n) is 7.23. The summed E-state index contributed by atoms with van der Waals surface area (Å²) >= 11 is 0. The highest BCUT2D eigenvalue weighted by Crippen LogP contribution is 2.27. The van der Waals surface area contributed by atoms with Crippen molar-refractivity contribution in [2.75, 3.05) is 26.2 Å². The van der Waals surface area contributed by atoms with Gasteiger partial charge in [0.25, 0.3) is 0 Å². The van der Waals surface area contributed by atoms with Crippen LogP contribution in [0.15, 0.2) is 30.3 Å². The minimum Gasteiger partial charge on any atom is -0.481 e. The Bertz CT molecular complexity index is 582. The second kappa shape index (κ2) is 7.24. The zero-order valence-electron chi connectivity index (χ0n) is 14.2. The van der Waals surface area contributed by atoms with Crippen molar-refractivity contribution < 1.29 is 14.7 Å². The van der Waals surface area contributed by atoms with Crippen molar-refractivity contribution >= 4 is 12.0 Å². The number of carbonyl (C=O) groups excluding carboxylic acids is 1. The van der Waals surface area contributed by atoms with Crippen LogP contribution in [0.3, 0.4) is 0 Å². The Hall–Kier alpha value is -2.04. The van der Waals surface area contributed by atoms with E-state index in [1.165, 1.54) is 5.56 Å². The van der Waals surface area contributed by atoms with Gasteiger partial charge in [0.15, 0.2) is 0 Å². The van der Waals surface area contributed by atoms with Crippen LogP contribution in [0, 0.1) is 17.8 Å². The number of hydrogen-bond donors (Lipinski definition) is 1. The van der Waals surface area contributed by atoms with Crippen molar-refractivity contribution in [3.63, 3.8) is 0 Å². The van der Waals surface area contributed by atoms with E-state index in [2.05, 4.69) is 24.3 Å². The molecule has 130 valence electrons. The average Bonchev–Trinajstić information content (AvgIpc) is 2.98. The van der Waals surface area contributed by atoms with Gasteiger partial charge in [-0.25, -0.2) is 4.79 Å². The predicted octanol–water partition coefficient (Wildman–Crippen LogP) is 2.71. The molecule has 2 aliphatic heterocycles. The Labute approximate surface area is 143 Å². The number of piperidine rings is 1. The van der Waals surface area contributed by atoms with Crippen LogP contribution >= 0.6 is 0 Å². The Balaban J connectivity index is 1.50. The molecule has 0 aromatic heterocycles. The third-order valence-electron chi connectivity index (χ3n) is 5.45. The first-order valence-corrected chi connectivity index (χ1v) is 8.85. The summed E-state index contributed by atoms with van der Waals surface area (Å²) in [6, 6.07) is 10.5. The van der Waals surface area contributed by atoms with E-state index >= 15 is 0 Å². The van der Waals surface area contributed by atoms with Crippen LogP contribution in [0.2, 0.25) is 0 Å². The maximum Gasteiger partial charge on any atom is 0.320 e. The number of benzene rings is 1. The SMILES string of the molecule is C[C@@H]1CN(C(=O)N2CCC(Cc3ccccc3)CC2)C[C@H]1C(=O)O. The number of carboxylic acid groups (broad SMARTS) is 1. The van der Waals surface area contributed by atoms with Crippen molar-refractivity contribution in [3.05, 3.63) is 35.9 Å². The van der Waals surface area contributed by atoms with E-state index in [1.807, 2.05) is 17.9 Å². The first-order valence-electron chi connectivity index (χ1n) is 8.85. The molecule has 0 aliphatic carbocycles. The van der Waals surface area contributed by atoms with Gasteiger partial charge in [0.2, 0.25) is 0 Å². The highest BCUT2D eigenvalue weighted by atomic mass is 16.4. The molecule has 3 rings (SSSR count). The summed E-state index contributed by atoms with van der Waals surface area (Å²) in [6.07, 6.45) is 3.11. The number of amides is 2.